The molecule has 1 atom stereocenters. The smallest absolute Gasteiger partial charge is 0.230 e. The maximum atomic E-state index is 13.3. The standard InChI is InChI=1S/C22H22FN3O2S/c1-14-4-2-6-18-20(14)25-21(15-7-9-16(23)10-8-15)26-22(18)29-13-19(27)24-12-17-5-3-11-28-17/h2,4,6-10,17H,3,5,11-13H2,1H3,(H,24,27)/t17-/m0/s1. The van der Waals surface area contributed by atoms with Gasteiger partial charge in [0.15, 0.2) is 5.82 Å². The maximum absolute atomic E-state index is 13.3. The summed E-state index contributed by atoms with van der Waals surface area (Å²) < 4.78 is 18.8. The molecule has 0 spiro atoms. The molecule has 2 heterocycles. The van der Waals surface area contributed by atoms with E-state index in [0.29, 0.717) is 12.4 Å². The highest BCUT2D eigenvalue weighted by atomic mass is 32.2. The maximum Gasteiger partial charge on any atom is 0.230 e. The molecule has 1 N–H and O–H groups in total. The lowest BCUT2D eigenvalue weighted by molar-refractivity contribution is -0.119. The number of amides is 1. The first-order chi connectivity index (χ1) is 14.1. The van der Waals surface area contributed by atoms with Gasteiger partial charge in [0.25, 0.3) is 0 Å². The second-order valence-electron chi connectivity index (χ2n) is 7.06. The molecule has 2 aromatic carbocycles. The number of rotatable bonds is 6. The van der Waals surface area contributed by atoms with Gasteiger partial charge in [-0.1, -0.05) is 30.0 Å². The van der Waals surface area contributed by atoms with Gasteiger partial charge in [0.05, 0.1) is 17.4 Å². The largest absolute Gasteiger partial charge is 0.376 e. The van der Waals surface area contributed by atoms with E-state index >= 15 is 0 Å². The Bertz CT molecular complexity index is 1020. The number of benzene rings is 2. The number of aromatic nitrogens is 2. The molecule has 0 radical (unpaired) electrons. The number of aryl methyl sites for hydroxylation is 1. The van der Waals surface area contributed by atoms with Crippen molar-refractivity contribution in [3.05, 3.63) is 53.8 Å². The van der Waals surface area contributed by atoms with Gasteiger partial charge in [0, 0.05) is 24.1 Å². The third-order valence-corrected chi connectivity index (χ3v) is 5.88. The molecule has 150 valence electrons. The van der Waals surface area contributed by atoms with Gasteiger partial charge in [-0.2, -0.15) is 0 Å². The fourth-order valence-electron chi connectivity index (χ4n) is 3.32. The first kappa shape index (κ1) is 19.8. The van der Waals surface area contributed by atoms with Crippen LogP contribution in [0.1, 0.15) is 18.4 Å². The van der Waals surface area contributed by atoms with Crippen LogP contribution in [0.5, 0.6) is 0 Å². The van der Waals surface area contributed by atoms with E-state index in [9.17, 15) is 9.18 Å². The highest BCUT2D eigenvalue weighted by Crippen LogP contribution is 2.30. The summed E-state index contributed by atoms with van der Waals surface area (Å²) in [6.07, 6.45) is 2.16. The van der Waals surface area contributed by atoms with Gasteiger partial charge in [-0.15, -0.1) is 0 Å². The summed E-state index contributed by atoms with van der Waals surface area (Å²) in [4.78, 5) is 21.7. The van der Waals surface area contributed by atoms with Crippen LogP contribution >= 0.6 is 11.8 Å². The fraction of sp³-hybridized carbons (Fsp3) is 0.318. The van der Waals surface area contributed by atoms with Crippen LogP contribution in [-0.2, 0) is 9.53 Å². The van der Waals surface area contributed by atoms with E-state index in [-0.39, 0.29) is 23.6 Å². The molecule has 1 aliphatic heterocycles. The molecule has 0 unspecified atom stereocenters. The van der Waals surface area contributed by atoms with Crippen LogP contribution in [0.15, 0.2) is 47.5 Å². The molecule has 1 saturated heterocycles. The monoisotopic (exact) mass is 411 g/mol. The van der Waals surface area contributed by atoms with Crippen LogP contribution in [0, 0.1) is 12.7 Å². The summed E-state index contributed by atoms with van der Waals surface area (Å²) in [5, 5.41) is 4.59. The molecule has 0 bridgehead atoms. The molecule has 1 aliphatic rings. The summed E-state index contributed by atoms with van der Waals surface area (Å²) in [5.41, 5.74) is 2.60. The Morgan fingerprint density at radius 1 is 1.24 bits per heavy atom. The normalized spacial score (nSPS) is 16.3. The molecular formula is C22H22FN3O2S. The van der Waals surface area contributed by atoms with Gasteiger partial charge in [-0.3, -0.25) is 4.79 Å². The third kappa shape index (κ3) is 4.74. The van der Waals surface area contributed by atoms with E-state index in [2.05, 4.69) is 15.3 Å². The Morgan fingerprint density at radius 3 is 2.83 bits per heavy atom. The van der Waals surface area contributed by atoms with E-state index in [1.165, 1.54) is 23.9 Å². The average molecular weight is 412 g/mol. The van der Waals surface area contributed by atoms with Crippen LogP contribution in [0.4, 0.5) is 4.39 Å². The van der Waals surface area contributed by atoms with Crippen molar-refractivity contribution >= 4 is 28.6 Å². The minimum atomic E-state index is -0.303. The van der Waals surface area contributed by atoms with E-state index in [1.807, 2.05) is 25.1 Å². The van der Waals surface area contributed by atoms with Gasteiger partial charge >= 0.3 is 0 Å². The second kappa shape index (κ2) is 8.88. The molecule has 7 heteroatoms. The number of fused-ring (bicyclic) bond motifs is 1. The molecule has 5 nitrogen and oxygen atoms in total. The zero-order valence-corrected chi connectivity index (χ0v) is 17.0. The Labute approximate surface area is 173 Å². The zero-order valence-electron chi connectivity index (χ0n) is 16.2. The Balaban J connectivity index is 1.56. The summed E-state index contributed by atoms with van der Waals surface area (Å²) in [7, 11) is 0. The van der Waals surface area contributed by atoms with Crippen LogP contribution in [0.3, 0.4) is 0 Å². The molecule has 0 aliphatic carbocycles. The minimum Gasteiger partial charge on any atom is -0.376 e. The average Bonchev–Trinajstić information content (AvgIpc) is 3.25. The first-order valence-electron chi connectivity index (χ1n) is 9.64. The van der Waals surface area contributed by atoms with Gasteiger partial charge in [0.2, 0.25) is 5.91 Å². The van der Waals surface area contributed by atoms with Crippen molar-refractivity contribution in [2.24, 2.45) is 0 Å². The Morgan fingerprint density at radius 2 is 2.07 bits per heavy atom. The van der Waals surface area contributed by atoms with Crippen molar-refractivity contribution < 1.29 is 13.9 Å². The lowest BCUT2D eigenvalue weighted by Crippen LogP contribution is -2.32. The minimum absolute atomic E-state index is 0.0479. The summed E-state index contributed by atoms with van der Waals surface area (Å²) in [5.74, 6) is 0.431. The SMILES string of the molecule is Cc1cccc2c(SCC(=O)NC[C@@H]3CCCO3)nc(-c3ccc(F)cc3)nc12. The zero-order chi connectivity index (χ0) is 20.2. The van der Waals surface area contributed by atoms with Crippen molar-refractivity contribution in [3.63, 3.8) is 0 Å². The van der Waals surface area contributed by atoms with Gasteiger partial charge in [-0.25, -0.2) is 14.4 Å². The molecule has 1 amide bonds. The highest BCUT2D eigenvalue weighted by Gasteiger charge is 2.17. The van der Waals surface area contributed by atoms with Gasteiger partial charge in [-0.05, 0) is 49.6 Å². The molecule has 0 saturated carbocycles. The quantitative estimate of drug-likeness (QED) is 0.488. The lowest BCUT2D eigenvalue weighted by atomic mass is 10.1. The van der Waals surface area contributed by atoms with Crippen LogP contribution in [0.2, 0.25) is 0 Å². The number of carbonyl (C=O) groups excluding carboxylic acids is 1. The molecule has 4 rings (SSSR count). The number of para-hydroxylation sites is 1. The number of thioether (sulfide) groups is 1. The summed E-state index contributed by atoms with van der Waals surface area (Å²) in [6.45, 7) is 3.31. The van der Waals surface area contributed by atoms with Crippen molar-refractivity contribution in [2.75, 3.05) is 18.9 Å². The van der Waals surface area contributed by atoms with Crippen LogP contribution in [0.25, 0.3) is 22.3 Å². The number of hydrogen-bond acceptors (Lipinski definition) is 5. The summed E-state index contributed by atoms with van der Waals surface area (Å²) in [6, 6.07) is 12.0. The van der Waals surface area contributed by atoms with Crippen LogP contribution < -0.4 is 5.32 Å². The third-order valence-electron chi connectivity index (χ3n) is 4.89. The number of hydrogen-bond donors (Lipinski definition) is 1. The molecule has 1 aromatic heterocycles. The van der Waals surface area contributed by atoms with Gasteiger partial charge in [0.1, 0.15) is 10.8 Å². The van der Waals surface area contributed by atoms with Crippen molar-refractivity contribution in [3.8, 4) is 11.4 Å². The summed E-state index contributed by atoms with van der Waals surface area (Å²) >= 11 is 1.38. The van der Waals surface area contributed by atoms with Gasteiger partial charge < -0.3 is 10.1 Å². The van der Waals surface area contributed by atoms with E-state index in [1.54, 1.807) is 12.1 Å². The molecule has 29 heavy (non-hydrogen) atoms. The topological polar surface area (TPSA) is 64.1 Å². The van der Waals surface area contributed by atoms with E-state index in [4.69, 9.17) is 4.74 Å². The number of nitrogens with one attached hydrogen (secondary N) is 1. The van der Waals surface area contributed by atoms with E-state index in [0.717, 1.165) is 46.5 Å². The predicted octanol–water partition coefficient (Wildman–Crippen LogP) is 4.13. The second-order valence-corrected chi connectivity index (χ2v) is 8.02. The number of halogens is 1. The van der Waals surface area contributed by atoms with Crippen molar-refractivity contribution in [1.29, 1.82) is 0 Å². The van der Waals surface area contributed by atoms with E-state index < -0.39 is 0 Å². The fourth-order valence-corrected chi connectivity index (χ4v) is 4.16. The molecule has 3 aromatic rings. The predicted molar refractivity (Wildman–Crippen MR) is 112 cm³/mol. The lowest BCUT2D eigenvalue weighted by Gasteiger charge is -2.12. The van der Waals surface area contributed by atoms with Crippen molar-refractivity contribution in [2.45, 2.75) is 30.9 Å². The highest BCUT2D eigenvalue weighted by molar-refractivity contribution is 8.00. The number of nitrogens with zero attached hydrogens (tertiary/aromatic N) is 2. The van der Waals surface area contributed by atoms with Crippen molar-refractivity contribution in [1.82, 2.24) is 15.3 Å². The number of ether oxygens (including phenoxy) is 1. The first-order valence-corrected chi connectivity index (χ1v) is 10.6. The van der Waals surface area contributed by atoms with Crippen LogP contribution in [-0.4, -0.2) is 40.9 Å². The molecular weight excluding hydrogens is 389 g/mol. The Hall–Kier alpha value is -2.51. The molecule has 1 fully saturated rings. The Kier molecular flexibility index (Phi) is 6.06. The number of carbonyl (C=O) groups is 1.